The number of fused-ring (bicyclic) bond motifs is 5. The van der Waals surface area contributed by atoms with Crippen molar-refractivity contribution in [1.29, 1.82) is 0 Å². The van der Waals surface area contributed by atoms with E-state index in [1.54, 1.807) is 6.20 Å². The highest BCUT2D eigenvalue weighted by atomic mass is 16.3. The highest BCUT2D eigenvalue weighted by molar-refractivity contribution is 6.22. The smallest absolute Gasteiger partial charge is 0.227 e. The molecule has 1 aliphatic rings. The van der Waals surface area contributed by atoms with Crippen molar-refractivity contribution in [3.63, 3.8) is 0 Å². The van der Waals surface area contributed by atoms with Gasteiger partial charge in [0.15, 0.2) is 11.8 Å². The summed E-state index contributed by atoms with van der Waals surface area (Å²) in [6, 6.07) is 17.0. The van der Waals surface area contributed by atoms with Crippen molar-refractivity contribution in [2.24, 2.45) is 7.05 Å². The first kappa shape index (κ1) is 17.5. The van der Waals surface area contributed by atoms with Crippen LogP contribution in [-0.2, 0) is 7.05 Å². The lowest BCUT2D eigenvalue weighted by Crippen LogP contribution is -2.31. The van der Waals surface area contributed by atoms with Crippen LogP contribution in [-0.4, -0.2) is 4.98 Å². The third-order valence-electron chi connectivity index (χ3n) is 6.94. The molecule has 3 aromatic heterocycles. The van der Waals surface area contributed by atoms with E-state index in [4.69, 9.17) is 4.42 Å². The number of aromatic nitrogens is 2. The third-order valence-corrected chi connectivity index (χ3v) is 6.94. The number of furan rings is 1. The van der Waals surface area contributed by atoms with Crippen molar-refractivity contribution in [3.8, 4) is 11.3 Å². The van der Waals surface area contributed by atoms with Crippen molar-refractivity contribution < 1.29 is 10.4 Å². The minimum atomic E-state index is -0.499. The van der Waals surface area contributed by atoms with Gasteiger partial charge in [-0.1, -0.05) is 43.5 Å². The fourth-order valence-corrected chi connectivity index (χ4v) is 5.32. The first-order valence-corrected chi connectivity index (χ1v) is 11.3. The van der Waals surface area contributed by atoms with Crippen molar-refractivity contribution in [2.75, 3.05) is 0 Å². The van der Waals surface area contributed by atoms with Crippen LogP contribution in [0.2, 0.25) is 0 Å². The minimum Gasteiger partial charge on any atom is -0.437 e. The molecule has 0 aliphatic heterocycles. The lowest BCUT2D eigenvalue weighted by atomic mass is 9.83. The molecule has 0 unspecified atom stereocenters. The fourth-order valence-electron chi connectivity index (χ4n) is 5.32. The maximum Gasteiger partial charge on any atom is 0.227 e. The van der Waals surface area contributed by atoms with E-state index in [0.29, 0.717) is 5.71 Å². The first-order valence-electron chi connectivity index (χ1n) is 11.8. The molecule has 1 saturated carbocycles. The highest BCUT2D eigenvalue weighted by Crippen LogP contribution is 2.43. The molecule has 3 nitrogen and oxygen atoms in total. The van der Waals surface area contributed by atoms with Crippen molar-refractivity contribution in [3.05, 3.63) is 72.1 Å². The van der Waals surface area contributed by atoms with Gasteiger partial charge in [-0.05, 0) is 59.7 Å². The van der Waals surface area contributed by atoms with Gasteiger partial charge in [0, 0.05) is 30.5 Å². The molecule has 5 aromatic rings. The van der Waals surface area contributed by atoms with Gasteiger partial charge < -0.3 is 4.42 Å². The third kappa shape index (κ3) is 2.87. The van der Waals surface area contributed by atoms with Crippen LogP contribution in [0.4, 0.5) is 0 Å². The average Bonchev–Trinajstić information content (AvgIpc) is 3.20. The summed E-state index contributed by atoms with van der Waals surface area (Å²) in [7, 11) is 2.08. The molecule has 2 aromatic carbocycles. The lowest BCUT2D eigenvalue weighted by molar-refractivity contribution is -0.660. The number of pyridine rings is 2. The zero-order valence-electron chi connectivity index (χ0n) is 19.1. The normalized spacial score (nSPS) is 16.8. The second kappa shape index (κ2) is 7.19. The van der Waals surface area contributed by atoms with Crippen LogP contribution in [0.1, 0.15) is 50.5 Å². The molecule has 3 heterocycles. The molecular formula is C28H27N2O+. The molecule has 0 saturated heterocycles. The summed E-state index contributed by atoms with van der Waals surface area (Å²) < 4.78 is 17.8. The highest BCUT2D eigenvalue weighted by Gasteiger charge is 2.26. The van der Waals surface area contributed by atoms with Crippen molar-refractivity contribution in [1.82, 2.24) is 4.98 Å². The van der Waals surface area contributed by atoms with E-state index in [1.165, 1.54) is 22.8 Å². The van der Waals surface area contributed by atoms with Gasteiger partial charge in [-0.3, -0.25) is 0 Å². The van der Waals surface area contributed by atoms with Gasteiger partial charge in [0.2, 0.25) is 11.4 Å². The monoisotopic (exact) mass is 408 g/mol. The number of hydrogen-bond acceptors (Lipinski definition) is 2. The van der Waals surface area contributed by atoms with Gasteiger partial charge in [0.1, 0.15) is 7.05 Å². The van der Waals surface area contributed by atoms with E-state index in [0.717, 1.165) is 58.9 Å². The Morgan fingerprint density at radius 3 is 2.61 bits per heavy atom. The second-order valence-electron chi connectivity index (χ2n) is 8.78. The van der Waals surface area contributed by atoms with Crippen LogP contribution in [0.15, 0.2) is 65.3 Å². The van der Waals surface area contributed by atoms with E-state index >= 15 is 0 Å². The van der Waals surface area contributed by atoms with E-state index < -0.39 is 5.89 Å². The summed E-state index contributed by atoms with van der Waals surface area (Å²) in [5.74, 6) is -0.499. The van der Waals surface area contributed by atoms with Gasteiger partial charge >= 0.3 is 0 Å². The van der Waals surface area contributed by atoms with Crippen LogP contribution < -0.4 is 4.57 Å². The molecule has 6 rings (SSSR count). The molecule has 0 spiro atoms. The summed E-state index contributed by atoms with van der Waals surface area (Å²) in [4.78, 5) is 4.51. The second-order valence-corrected chi connectivity index (χ2v) is 8.78. The molecule has 0 bridgehead atoms. The van der Waals surface area contributed by atoms with E-state index in [1.807, 2.05) is 6.07 Å². The largest absolute Gasteiger partial charge is 0.437 e. The van der Waals surface area contributed by atoms with E-state index in [-0.39, 0.29) is 0 Å². The SMILES string of the molecule is [2H]C1(c2cc[n+](C)c(-c3c(C)c4ccccc4c4c3oc3ncccc34)c2)CCCCC1. The zero-order chi connectivity index (χ0) is 21.9. The van der Waals surface area contributed by atoms with Crippen LogP contribution in [0.5, 0.6) is 0 Å². The quantitative estimate of drug-likeness (QED) is 0.295. The molecule has 0 atom stereocenters. The van der Waals surface area contributed by atoms with Gasteiger partial charge in [-0.25, -0.2) is 9.55 Å². The van der Waals surface area contributed by atoms with Crippen molar-refractivity contribution in [2.45, 2.75) is 44.9 Å². The molecule has 0 amide bonds. The Morgan fingerprint density at radius 2 is 1.77 bits per heavy atom. The topological polar surface area (TPSA) is 29.9 Å². The summed E-state index contributed by atoms with van der Waals surface area (Å²) in [5.41, 5.74) is 6.04. The summed E-state index contributed by atoms with van der Waals surface area (Å²) in [5, 5.41) is 4.58. The molecule has 1 aliphatic carbocycles. The average molecular weight is 409 g/mol. The Labute approximate surface area is 183 Å². The van der Waals surface area contributed by atoms with Crippen LogP contribution in [0.3, 0.4) is 0 Å². The van der Waals surface area contributed by atoms with Crippen molar-refractivity contribution >= 4 is 32.8 Å². The zero-order valence-corrected chi connectivity index (χ0v) is 18.1. The van der Waals surface area contributed by atoms with Crippen LogP contribution >= 0.6 is 0 Å². The Kier molecular flexibility index (Phi) is 4.06. The fraction of sp³-hybridized carbons (Fsp3) is 0.286. The summed E-state index contributed by atoms with van der Waals surface area (Å²) >= 11 is 0. The predicted molar refractivity (Wildman–Crippen MR) is 126 cm³/mol. The van der Waals surface area contributed by atoms with Gasteiger partial charge in [-0.2, -0.15) is 0 Å². The number of rotatable bonds is 2. The van der Waals surface area contributed by atoms with Crippen LogP contribution in [0, 0.1) is 6.92 Å². The first-order chi connectivity index (χ1) is 15.6. The summed E-state index contributed by atoms with van der Waals surface area (Å²) in [6.45, 7) is 2.18. The maximum atomic E-state index is 9.18. The number of nitrogens with zero attached hydrogens (tertiary/aromatic N) is 2. The van der Waals surface area contributed by atoms with Gasteiger partial charge in [-0.15, -0.1) is 0 Å². The minimum absolute atomic E-state index is 0.499. The molecule has 31 heavy (non-hydrogen) atoms. The molecule has 154 valence electrons. The number of benzene rings is 2. The van der Waals surface area contributed by atoms with Gasteiger partial charge in [0.25, 0.3) is 0 Å². The molecule has 0 radical (unpaired) electrons. The van der Waals surface area contributed by atoms with Gasteiger partial charge in [0.05, 0.1) is 5.56 Å². The number of hydrogen-bond donors (Lipinski definition) is 0. The maximum absolute atomic E-state index is 9.18. The Hall–Kier alpha value is -3.20. The Bertz CT molecular complexity index is 1490. The number of aryl methyl sites for hydroxylation is 2. The standard InChI is InChI=1S/C28H27N2O/c1-18-21-11-6-7-12-22(21)26-23-13-8-15-29-28(23)31-27(26)25(18)24-17-20(14-16-30(24)2)19-9-4-3-5-10-19/h6-8,11-17,19H,3-5,9-10H2,1-2H3/q+1/i19D. The lowest BCUT2D eigenvalue weighted by Gasteiger charge is -2.22. The van der Waals surface area contributed by atoms with E-state index in [9.17, 15) is 1.37 Å². The Morgan fingerprint density at radius 1 is 1.00 bits per heavy atom. The molecule has 0 N–H and O–H groups in total. The summed E-state index contributed by atoms with van der Waals surface area (Å²) in [6.07, 6.45) is 9.26. The molecule has 1 fully saturated rings. The van der Waals surface area contributed by atoms with Crippen LogP contribution in [0.25, 0.3) is 44.1 Å². The predicted octanol–water partition coefficient (Wildman–Crippen LogP) is 6.98. The molecule has 3 heteroatoms. The van der Waals surface area contributed by atoms with E-state index in [2.05, 4.69) is 72.2 Å². The molecular weight excluding hydrogens is 380 g/mol. The Balaban J connectivity index is 1.71.